The summed E-state index contributed by atoms with van der Waals surface area (Å²) >= 11 is 0. The monoisotopic (exact) mass is 236 g/mol. The van der Waals surface area contributed by atoms with Gasteiger partial charge in [0.25, 0.3) is 0 Å². The molecule has 2 atom stereocenters. The van der Waals surface area contributed by atoms with E-state index in [0.29, 0.717) is 0 Å². The van der Waals surface area contributed by atoms with Gasteiger partial charge in [-0.15, -0.1) is 0 Å². The highest BCUT2D eigenvalue weighted by Gasteiger charge is 2.42. The highest BCUT2D eigenvalue weighted by molar-refractivity contribution is 4.99. The van der Waals surface area contributed by atoms with E-state index in [-0.39, 0.29) is 0 Å². The van der Waals surface area contributed by atoms with Gasteiger partial charge in [-0.25, -0.2) is 0 Å². The fourth-order valence-electron chi connectivity index (χ4n) is 3.80. The van der Waals surface area contributed by atoms with Crippen molar-refractivity contribution in [3.63, 3.8) is 0 Å². The fraction of sp³-hybridized carbons (Fsp3) is 1.00. The summed E-state index contributed by atoms with van der Waals surface area (Å²) in [4.78, 5) is 2.87. The molecule has 2 nitrogen and oxygen atoms in total. The third-order valence-electron chi connectivity index (χ3n) is 5.20. The molecule has 1 aliphatic heterocycles. The van der Waals surface area contributed by atoms with Gasteiger partial charge in [0.05, 0.1) is 0 Å². The Morgan fingerprint density at radius 2 is 1.88 bits per heavy atom. The van der Waals surface area contributed by atoms with E-state index in [1.165, 1.54) is 38.8 Å². The molecule has 1 saturated heterocycles. The van der Waals surface area contributed by atoms with Crippen molar-refractivity contribution >= 4 is 0 Å². The van der Waals surface area contributed by atoms with Crippen molar-refractivity contribution in [2.24, 2.45) is 17.8 Å². The summed E-state index contributed by atoms with van der Waals surface area (Å²) in [6.07, 6.45) is 5.83. The molecule has 3 fully saturated rings. The molecule has 0 aromatic heterocycles. The van der Waals surface area contributed by atoms with Crippen LogP contribution in [0.4, 0.5) is 0 Å². The Bertz CT molecular complexity index is 266. The molecule has 1 N–H and O–H groups in total. The van der Waals surface area contributed by atoms with Crippen LogP contribution in [0.3, 0.4) is 0 Å². The Labute approximate surface area is 106 Å². The van der Waals surface area contributed by atoms with E-state index in [4.69, 9.17) is 0 Å². The van der Waals surface area contributed by atoms with Crippen molar-refractivity contribution in [3.8, 4) is 0 Å². The van der Waals surface area contributed by atoms with E-state index in [1.54, 1.807) is 0 Å². The summed E-state index contributed by atoms with van der Waals surface area (Å²) < 4.78 is 0. The van der Waals surface area contributed by atoms with Gasteiger partial charge in [-0.05, 0) is 43.4 Å². The van der Waals surface area contributed by atoms with Crippen LogP contribution in [0, 0.1) is 17.8 Å². The van der Waals surface area contributed by atoms with Gasteiger partial charge in [0, 0.05) is 31.2 Å². The summed E-state index contributed by atoms with van der Waals surface area (Å²) in [6.45, 7) is 9.73. The van der Waals surface area contributed by atoms with Crippen molar-refractivity contribution in [3.05, 3.63) is 0 Å². The standard InChI is InChI=1S/C15H28N2/c1-10(2)15-8-16-14(12-4-5-12)9-17(15)13-6-11(3)7-13/h10-16H,4-9H2,1-3H3. The summed E-state index contributed by atoms with van der Waals surface area (Å²) in [5, 5.41) is 3.82. The van der Waals surface area contributed by atoms with E-state index in [9.17, 15) is 0 Å². The second kappa shape index (κ2) is 4.55. The van der Waals surface area contributed by atoms with Crippen molar-refractivity contribution in [2.45, 2.75) is 64.6 Å². The highest BCUT2D eigenvalue weighted by Crippen LogP contribution is 2.38. The van der Waals surface area contributed by atoms with Gasteiger partial charge in [0.2, 0.25) is 0 Å². The Morgan fingerprint density at radius 3 is 2.41 bits per heavy atom. The van der Waals surface area contributed by atoms with Gasteiger partial charge < -0.3 is 5.32 Å². The maximum absolute atomic E-state index is 3.82. The molecule has 0 bridgehead atoms. The highest BCUT2D eigenvalue weighted by atomic mass is 15.3. The van der Waals surface area contributed by atoms with Gasteiger partial charge in [-0.1, -0.05) is 20.8 Å². The fourth-order valence-corrected chi connectivity index (χ4v) is 3.80. The maximum atomic E-state index is 3.82. The van der Waals surface area contributed by atoms with Crippen molar-refractivity contribution in [1.29, 1.82) is 0 Å². The van der Waals surface area contributed by atoms with Gasteiger partial charge in [-0.3, -0.25) is 4.90 Å². The second-order valence-electron chi connectivity index (χ2n) is 7.09. The van der Waals surface area contributed by atoms with Gasteiger partial charge in [-0.2, -0.15) is 0 Å². The summed E-state index contributed by atoms with van der Waals surface area (Å²) in [5.74, 6) is 2.77. The number of hydrogen-bond donors (Lipinski definition) is 1. The summed E-state index contributed by atoms with van der Waals surface area (Å²) in [6, 6.07) is 2.49. The van der Waals surface area contributed by atoms with Crippen LogP contribution >= 0.6 is 0 Å². The zero-order valence-electron chi connectivity index (χ0n) is 11.7. The lowest BCUT2D eigenvalue weighted by atomic mass is 9.78. The molecular weight excluding hydrogens is 208 g/mol. The van der Waals surface area contributed by atoms with Crippen molar-refractivity contribution in [1.82, 2.24) is 10.2 Å². The molecule has 2 aliphatic carbocycles. The molecule has 2 unspecified atom stereocenters. The largest absolute Gasteiger partial charge is 0.311 e. The van der Waals surface area contributed by atoms with E-state index >= 15 is 0 Å². The van der Waals surface area contributed by atoms with Crippen LogP contribution < -0.4 is 5.32 Å². The van der Waals surface area contributed by atoms with E-state index in [0.717, 1.165) is 35.9 Å². The van der Waals surface area contributed by atoms with Crippen molar-refractivity contribution < 1.29 is 0 Å². The predicted octanol–water partition coefficient (Wildman–Crippen LogP) is 2.49. The average molecular weight is 236 g/mol. The molecule has 98 valence electrons. The molecule has 0 aromatic carbocycles. The van der Waals surface area contributed by atoms with Crippen LogP contribution in [-0.2, 0) is 0 Å². The molecule has 0 aromatic rings. The molecule has 17 heavy (non-hydrogen) atoms. The van der Waals surface area contributed by atoms with Crippen LogP contribution in [0.2, 0.25) is 0 Å². The van der Waals surface area contributed by atoms with Crippen LogP contribution in [0.15, 0.2) is 0 Å². The van der Waals surface area contributed by atoms with Crippen LogP contribution in [0.1, 0.15) is 46.5 Å². The Kier molecular flexibility index (Phi) is 3.20. The minimum Gasteiger partial charge on any atom is -0.311 e. The molecule has 0 amide bonds. The quantitative estimate of drug-likeness (QED) is 0.810. The number of nitrogens with zero attached hydrogens (tertiary/aromatic N) is 1. The lowest BCUT2D eigenvalue weighted by molar-refractivity contribution is -0.00175. The van der Waals surface area contributed by atoms with Crippen LogP contribution in [0.5, 0.6) is 0 Å². The first-order valence-electron chi connectivity index (χ1n) is 7.64. The predicted molar refractivity (Wildman–Crippen MR) is 72.0 cm³/mol. The zero-order valence-corrected chi connectivity index (χ0v) is 11.7. The third kappa shape index (κ3) is 2.39. The second-order valence-corrected chi connectivity index (χ2v) is 7.09. The van der Waals surface area contributed by atoms with Gasteiger partial charge >= 0.3 is 0 Å². The lowest BCUT2D eigenvalue weighted by Gasteiger charge is -2.51. The SMILES string of the molecule is CC1CC(N2CC(C3CC3)NCC2C(C)C)C1. The molecule has 2 saturated carbocycles. The molecule has 2 heteroatoms. The van der Waals surface area contributed by atoms with E-state index in [1.807, 2.05) is 0 Å². The average Bonchev–Trinajstić information content (AvgIpc) is 3.07. The number of hydrogen-bond acceptors (Lipinski definition) is 2. The van der Waals surface area contributed by atoms with Gasteiger partial charge in [0.1, 0.15) is 0 Å². The number of piperazine rings is 1. The Hall–Kier alpha value is -0.0800. The smallest absolute Gasteiger partial charge is 0.0247 e. The topological polar surface area (TPSA) is 15.3 Å². The molecule has 3 rings (SSSR count). The Morgan fingerprint density at radius 1 is 1.18 bits per heavy atom. The minimum absolute atomic E-state index is 0.780. The first kappa shape index (κ1) is 12.0. The molecule has 3 aliphatic rings. The normalized spacial score (nSPS) is 43.8. The molecule has 1 heterocycles. The first-order valence-corrected chi connectivity index (χ1v) is 7.64. The number of rotatable bonds is 3. The van der Waals surface area contributed by atoms with E-state index in [2.05, 4.69) is 31.0 Å². The van der Waals surface area contributed by atoms with Crippen molar-refractivity contribution in [2.75, 3.05) is 13.1 Å². The summed E-state index contributed by atoms with van der Waals surface area (Å²) in [5.41, 5.74) is 0. The Balaban J connectivity index is 1.64. The van der Waals surface area contributed by atoms with Crippen LogP contribution in [0.25, 0.3) is 0 Å². The maximum Gasteiger partial charge on any atom is 0.0247 e. The molecular formula is C15H28N2. The zero-order chi connectivity index (χ0) is 12.0. The minimum atomic E-state index is 0.780. The van der Waals surface area contributed by atoms with E-state index < -0.39 is 0 Å². The van der Waals surface area contributed by atoms with Crippen LogP contribution in [-0.4, -0.2) is 36.1 Å². The lowest BCUT2D eigenvalue weighted by Crippen LogP contribution is -2.63. The summed E-state index contributed by atoms with van der Waals surface area (Å²) in [7, 11) is 0. The molecule has 0 spiro atoms. The molecule has 0 radical (unpaired) electrons. The first-order chi connectivity index (χ1) is 8.15. The number of nitrogens with one attached hydrogen (secondary N) is 1. The van der Waals surface area contributed by atoms with Gasteiger partial charge in [0.15, 0.2) is 0 Å². The third-order valence-corrected chi connectivity index (χ3v) is 5.20.